The van der Waals surface area contributed by atoms with E-state index < -0.39 is 20.2 Å². The number of carbonyl (C=O) groups excluding carboxylic acids is 1. The van der Waals surface area contributed by atoms with Crippen LogP contribution in [-0.4, -0.2) is 88.1 Å². The van der Waals surface area contributed by atoms with Gasteiger partial charge >= 0.3 is 0 Å². The Kier molecular flexibility index (Phi) is 7.08. The summed E-state index contributed by atoms with van der Waals surface area (Å²) in [5.74, 6) is -0.0883. The molecule has 2 heterocycles. The normalized spacial score (nSPS) is 20.9. The number of hydrogen-bond acceptors (Lipinski definition) is 6. The molecule has 0 aliphatic carbocycles. The van der Waals surface area contributed by atoms with Crippen LogP contribution in [0.15, 0.2) is 23.1 Å². The number of piperazine rings is 1. The second kappa shape index (κ2) is 9.12. The topological polar surface area (TPSA) is 124 Å². The smallest absolute Gasteiger partial charge is 0.282 e. The lowest BCUT2D eigenvalue weighted by molar-refractivity contribution is -0.120. The molecule has 2 aliphatic rings. The minimum absolute atomic E-state index is 0.0401. The highest BCUT2D eigenvalue weighted by Crippen LogP contribution is 2.34. The van der Waals surface area contributed by atoms with Crippen LogP contribution in [0.3, 0.4) is 0 Å². The van der Waals surface area contributed by atoms with Crippen molar-refractivity contribution in [3.05, 3.63) is 23.8 Å². The van der Waals surface area contributed by atoms with Gasteiger partial charge in [0.15, 0.2) is 0 Å². The molecule has 1 amide bonds. The van der Waals surface area contributed by atoms with E-state index in [9.17, 15) is 21.6 Å². The molecule has 1 fully saturated rings. The highest BCUT2D eigenvalue weighted by Gasteiger charge is 2.35. The van der Waals surface area contributed by atoms with Crippen LogP contribution in [0.1, 0.15) is 26.3 Å². The largest absolute Gasteiger partial charge is 0.308 e. The Hall–Kier alpha value is -1.57. The summed E-state index contributed by atoms with van der Waals surface area (Å²) in [6.07, 6.45) is 0.556. The maximum atomic E-state index is 13.0. The van der Waals surface area contributed by atoms with Gasteiger partial charge in [0.2, 0.25) is 15.9 Å². The Labute approximate surface area is 184 Å². The molecule has 0 spiro atoms. The average molecular weight is 474 g/mol. The number of sulfonamides is 1. The fourth-order valence-corrected chi connectivity index (χ4v) is 6.43. The quantitative estimate of drug-likeness (QED) is 0.586. The van der Waals surface area contributed by atoms with Gasteiger partial charge in [-0.2, -0.15) is 17.0 Å². The Morgan fingerprint density at radius 3 is 2.26 bits per heavy atom. The summed E-state index contributed by atoms with van der Waals surface area (Å²) in [6.45, 7) is 8.23. The minimum Gasteiger partial charge on any atom is -0.308 e. The summed E-state index contributed by atoms with van der Waals surface area (Å²) < 4.78 is 51.5. The highest BCUT2D eigenvalue weighted by molar-refractivity contribution is 7.89. The zero-order valence-corrected chi connectivity index (χ0v) is 19.8. The van der Waals surface area contributed by atoms with E-state index in [2.05, 4.69) is 0 Å². The van der Waals surface area contributed by atoms with E-state index in [1.54, 1.807) is 11.0 Å². The van der Waals surface area contributed by atoms with Crippen LogP contribution in [0, 0.1) is 0 Å². The fourth-order valence-electron chi connectivity index (χ4n) is 4.26. The van der Waals surface area contributed by atoms with Gasteiger partial charge in [0.25, 0.3) is 10.2 Å². The Balaban J connectivity index is 1.65. The lowest BCUT2D eigenvalue weighted by Gasteiger charge is -2.36. The molecule has 174 valence electrons. The van der Waals surface area contributed by atoms with Gasteiger partial charge in [-0.3, -0.25) is 9.69 Å². The van der Waals surface area contributed by atoms with Gasteiger partial charge in [-0.1, -0.05) is 13.8 Å². The standard InChI is InChI=1S/C19H31N5O5S2/c1-4-22(5-2)31(28,29)23-10-8-21(9-11-23)14-19(25)24-15(3)12-16-13-17(30(20,26)27)6-7-18(16)24/h6-7,13,15H,4-5,8-12,14H2,1-3H3,(H2,20,26,27). The van der Waals surface area contributed by atoms with E-state index in [4.69, 9.17) is 5.14 Å². The number of amides is 1. The predicted octanol–water partition coefficient (Wildman–Crippen LogP) is -0.184. The summed E-state index contributed by atoms with van der Waals surface area (Å²) in [4.78, 5) is 16.7. The second-order valence-corrected chi connectivity index (χ2v) is 11.4. The van der Waals surface area contributed by atoms with Gasteiger partial charge in [0.1, 0.15) is 0 Å². The van der Waals surface area contributed by atoms with Gasteiger partial charge in [0, 0.05) is 51.0 Å². The first-order valence-electron chi connectivity index (χ1n) is 10.4. The fraction of sp³-hybridized carbons (Fsp3) is 0.632. The molecule has 0 radical (unpaired) electrons. The number of primary sulfonamides is 1. The predicted molar refractivity (Wildman–Crippen MR) is 118 cm³/mol. The molecule has 0 saturated carbocycles. The van der Waals surface area contributed by atoms with Crippen molar-refractivity contribution in [2.24, 2.45) is 5.14 Å². The van der Waals surface area contributed by atoms with Crippen molar-refractivity contribution in [2.45, 2.75) is 38.1 Å². The molecule has 12 heteroatoms. The molecule has 1 aromatic rings. The van der Waals surface area contributed by atoms with E-state index in [-0.39, 0.29) is 23.4 Å². The molecule has 1 unspecified atom stereocenters. The third kappa shape index (κ3) is 4.94. The molecule has 31 heavy (non-hydrogen) atoms. The van der Waals surface area contributed by atoms with Gasteiger partial charge < -0.3 is 4.90 Å². The number of nitrogens with two attached hydrogens (primary N) is 1. The maximum Gasteiger partial charge on any atom is 0.282 e. The van der Waals surface area contributed by atoms with Crippen molar-refractivity contribution in [3.8, 4) is 0 Å². The summed E-state index contributed by atoms with van der Waals surface area (Å²) in [7, 11) is -7.27. The van der Waals surface area contributed by atoms with E-state index in [0.29, 0.717) is 51.4 Å². The third-order valence-electron chi connectivity index (χ3n) is 5.91. The molecule has 1 saturated heterocycles. The molecule has 0 bridgehead atoms. The number of rotatable bonds is 7. The van der Waals surface area contributed by atoms with Crippen molar-refractivity contribution in [1.82, 2.24) is 13.5 Å². The van der Waals surface area contributed by atoms with Crippen molar-refractivity contribution < 1.29 is 21.6 Å². The molecule has 1 atom stereocenters. The summed E-state index contributed by atoms with van der Waals surface area (Å²) in [5, 5.41) is 5.22. The first kappa shape index (κ1) is 24.1. The highest BCUT2D eigenvalue weighted by atomic mass is 32.2. The summed E-state index contributed by atoms with van der Waals surface area (Å²) in [6, 6.07) is 4.49. The van der Waals surface area contributed by atoms with Crippen molar-refractivity contribution in [3.63, 3.8) is 0 Å². The van der Waals surface area contributed by atoms with Crippen LogP contribution in [0.5, 0.6) is 0 Å². The molecule has 0 aromatic heterocycles. The van der Waals surface area contributed by atoms with E-state index in [1.165, 1.54) is 20.7 Å². The summed E-state index contributed by atoms with van der Waals surface area (Å²) >= 11 is 0. The SMILES string of the molecule is CCN(CC)S(=O)(=O)N1CCN(CC(=O)N2c3ccc(S(N)(=O)=O)cc3CC2C)CC1. The van der Waals surface area contributed by atoms with Crippen molar-refractivity contribution in [2.75, 3.05) is 50.7 Å². The van der Waals surface area contributed by atoms with Crippen LogP contribution in [0.25, 0.3) is 0 Å². The van der Waals surface area contributed by atoms with E-state index in [0.717, 1.165) is 5.56 Å². The van der Waals surface area contributed by atoms with Gasteiger partial charge in [0.05, 0.1) is 11.4 Å². The van der Waals surface area contributed by atoms with Crippen molar-refractivity contribution in [1.29, 1.82) is 0 Å². The maximum absolute atomic E-state index is 13.0. The van der Waals surface area contributed by atoms with Gasteiger partial charge in [-0.15, -0.1) is 0 Å². The molecule has 1 aromatic carbocycles. The average Bonchev–Trinajstić information content (AvgIpc) is 3.03. The number of anilines is 1. The number of fused-ring (bicyclic) bond motifs is 1. The van der Waals surface area contributed by atoms with Crippen LogP contribution in [-0.2, 0) is 31.4 Å². The first-order chi connectivity index (χ1) is 14.5. The van der Waals surface area contributed by atoms with Crippen LogP contribution >= 0.6 is 0 Å². The molecule has 3 rings (SSSR count). The Bertz CT molecular complexity index is 1030. The number of benzene rings is 1. The van der Waals surface area contributed by atoms with Crippen molar-refractivity contribution >= 4 is 31.8 Å². The second-order valence-electron chi connectivity index (χ2n) is 7.92. The minimum atomic E-state index is -3.80. The molecular formula is C19H31N5O5S2. The van der Waals surface area contributed by atoms with Crippen LogP contribution < -0.4 is 10.0 Å². The van der Waals surface area contributed by atoms with Crippen LogP contribution in [0.2, 0.25) is 0 Å². The lowest BCUT2D eigenvalue weighted by atomic mass is 10.1. The number of hydrogen-bond donors (Lipinski definition) is 1. The molecule has 2 N–H and O–H groups in total. The summed E-state index contributed by atoms with van der Waals surface area (Å²) in [5.41, 5.74) is 1.48. The molecule has 10 nitrogen and oxygen atoms in total. The van der Waals surface area contributed by atoms with E-state index >= 15 is 0 Å². The number of carbonyl (C=O) groups is 1. The van der Waals surface area contributed by atoms with E-state index in [1.807, 2.05) is 25.7 Å². The number of nitrogens with zero attached hydrogens (tertiary/aromatic N) is 4. The van der Waals surface area contributed by atoms with Crippen LogP contribution in [0.4, 0.5) is 5.69 Å². The third-order valence-corrected chi connectivity index (χ3v) is 9.01. The molecule has 2 aliphatic heterocycles. The molecular weight excluding hydrogens is 442 g/mol. The zero-order valence-electron chi connectivity index (χ0n) is 18.2. The monoisotopic (exact) mass is 473 g/mol. The van der Waals surface area contributed by atoms with Gasteiger partial charge in [-0.05, 0) is 37.1 Å². The van der Waals surface area contributed by atoms with Gasteiger partial charge in [-0.25, -0.2) is 13.6 Å². The Morgan fingerprint density at radius 1 is 1.10 bits per heavy atom. The first-order valence-corrected chi connectivity index (χ1v) is 13.4. The Morgan fingerprint density at radius 2 is 1.71 bits per heavy atom. The zero-order chi connectivity index (χ0) is 23.0. The lowest BCUT2D eigenvalue weighted by Crippen LogP contribution is -2.54.